The van der Waals surface area contributed by atoms with Gasteiger partial charge in [-0.05, 0) is 18.8 Å². The molecule has 1 aliphatic rings. The number of methoxy groups -OCH3 is 1. The van der Waals surface area contributed by atoms with Gasteiger partial charge in [-0.1, -0.05) is 25.7 Å². The fourth-order valence-corrected chi connectivity index (χ4v) is 1.96. The fraction of sp³-hybridized carbons (Fsp3) is 0.923. The van der Waals surface area contributed by atoms with Crippen LogP contribution in [0.5, 0.6) is 0 Å². The second-order valence-corrected chi connectivity index (χ2v) is 4.06. The smallest absolute Gasteiger partial charge is 0.683 e. The van der Waals surface area contributed by atoms with Crippen LogP contribution >= 0.6 is 0 Å². The van der Waals surface area contributed by atoms with Gasteiger partial charge in [-0.25, -0.2) is 0 Å². The molecule has 0 radical (unpaired) electrons. The molecule has 0 unspecified atom stereocenters. The summed E-state index contributed by atoms with van der Waals surface area (Å²) in [5.74, 6) is 1.04. The van der Waals surface area contributed by atoms with Gasteiger partial charge < -0.3 is 22.8 Å². The molecule has 0 aliphatic heterocycles. The first-order valence-electron chi connectivity index (χ1n) is 5.95. The van der Waals surface area contributed by atoms with Crippen molar-refractivity contribution in [1.29, 1.82) is 0 Å². The quantitative estimate of drug-likeness (QED) is 0.516. The normalized spacial score (nSPS) is 14.3. The number of hydrogen-bond acceptors (Lipinski definition) is 1. The van der Waals surface area contributed by atoms with Crippen LogP contribution in [-0.4, -0.2) is 34.5 Å². The molecule has 0 bridgehead atoms. The molecule has 17 heavy (non-hydrogen) atoms. The number of nitrogens with zero attached hydrogens (tertiary/aromatic N) is 2. The van der Waals surface area contributed by atoms with E-state index >= 15 is 0 Å². The van der Waals surface area contributed by atoms with Crippen molar-refractivity contribution in [3.63, 3.8) is 0 Å². The van der Waals surface area contributed by atoms with Gasteiger partial charge in [-0.2, -0.15) is 14.1 Å². The molecule has 0 heterocycles. The molecule has 1 fully saturated rings. The maximum atomic E-state index is 5.00. The molecule has 0 spiro atoms. The summed E-state index contributed by atoms with van der Waals surface area (Å²) in [4.78, 5) is 0. The first-order chi connectivity index (χ1) is 7.35. The third-order valence-corrected chi connectivity index (χ3v) is 2.72. The minimum Gasteiger partial charge on any atom is -0.683 e. The standard InChI is InChI=1S/C9H18O.C3H8N2.CH3.La/c1-10-8-4-7-9-5-2-3-6-9;1-4-3-5-2;;/h9H,2-8H2,1H3;3H2,1-2H3;1H3;/q;-2;-1;+3. The molecule has 1 aliphatic carbocycles. The van der Waals surface area contributed by atoms with Crippen molar-refractivity contribution in [2.75, 3.05) is 34.5 Å². The average Bonchev–Trinajstić information content (AvgIpc) is 2.73. The minimum absolute atomic E-state index is 0. The molecule has 0 N–H and O–H groups in total. The van der Waals surface area contributed by atoms with Gasteiger partial charge in [0.15, 0.2) is 0 Å². The van der Waals surface area contributed by atoms with Gasteiger partial charge in [0, 0.05) is 13.7 Å². The Labute approximate surface area is 136 Å². The van der Waals surface area contributed by atoms with E-state index in [1.807, 2.05) is 0 Å². The summed E-state index contributed by atoms with van der Waals surface area (Å²) in [6.07, 6.45) is 8.55. The van der Waals surface area contributed by atoms with Crippen molar-refractivity contribution in [3.05, 3.63) is 18.1 Å². The summed E-state index contributed by atoms with van der Waals surface area (Å²) in [6.45, 7) is 1.59. The molecular formula is C13H29LaN2O. The Balaban J connectivity index is -0.000000247. The summed E-state index contributed by atoms with van der Waals surface area (Å²) in [5, 5.41) is 7.38. The van der Waals surface area contributed by atoms with Crippen LogP contribution in [0.15, 0.2) is 0 Å². The Bertz CT molecular complexity index is 118. The zero-order valence-electron chi connectivity index (χ0n) is 12.1. The van der Waals surface area contributed by atoms with E-state index in [0.717, 1.165) is 12.5 Å². The molecule has 0 amide bonds. The molecule has 4 heteroatoms. The van der Waals surface area contributed by atoms with Crippen LogP contribution in [-0.2, 0) is 4.74 Å². The third-order valence-electron chi connectivity index (χ3n) is 2.72. The van der Waals surface area contributed by atoms with Crippen molar-refractivity contribution in [1.82, 2.24) is 0 Å². The van der Waals surface area contributed by atoms with Gasteiger partial charge in [0.2, 0.25) is 0 Å². The number of ether oxygens (including phenoxy) is 1. The van der Waals surface area contributed by atoms with Crippen molar-refractivity contribution in [3.8, 4) is 0 Å². The maximum absolute atomic E-state index is 5.00. The Morgan fingerprint density at radius 2 is 1.65 bits per heavy atom. The Morgan fingerprint density at radius 1 is 1.12 bits per heavy atom. The molecule has 0 aromatic rings. The van der Waals surface area contributed by atoms with Crippen LogP contribution in [0.1, 0.15) is 38.5 Å². The van der Waals surface area contributed by atoms with E-state index in [9.17, 15) is 0 Å². The third kappa shape index (κ3) is 17.1. The summed E-state index contributed by atoms with van der Waals surface area (Å²) in [5.41, 5.74) is 0. The molecule has 0 atom stereocenters. The van der Waals surface area contributed by atoms with Gasteiger partial charge >= 0.3 is 35.6 Å². The van der Waals surface area contributed by atoms with Gasteiger partial charge in [0.25, 0.3) is 0 Å². The van der Waals surface area contributed by atoms with E-state index in [1.54, 1.807) is 21.2 Å². The van der Waals surface area contributed by atoms with Gasteiger partial charge in [0.05, 0.1) is 0 Å². The van der Waals surface area contributed by atoms with E-state index in [1.165, 1.54) is 38.5 Å². The zero-order chi connectivity index (χ0) is 11.4. The Hall–Kier alpha value is 1.07. The predicted molar refractivity (Wildman–Crippen MR) is 72.9 cm³/mol. The zero-order valence-corrected chi connectivity index (χ0v) is 15.7. The van der Waals surface area contributed by atoms with E-state index in [4.69, 9.17) is 4.74 Å². The van der Waals surface area contributed by atoms with Crippen LogP contribution in [0, 0.1) is 48.9 Å². The summed E-state index contributed by atoms with van der Waals surface area (Å²) < 4.78 is 5.00. The fourth-order valence-electron chi connectivity index (χ4n) is 1.96. The maximum Gasteiger partial charge on any atom is 3.00 e. The van der Waals surface area contributed by atoms with Crippen LogP contribution in [0.4, 0.5) is 0 Å². The second-order valence-electron chi connectivity index (χ2n) is 4.06. The molecule has 0 aromatic heterocycles. The monoisotopic (exact) mass is 368 g/mol. The average molecular weight is 368 g/mol. The first kappa shape index (κ1) is 23.2. The SMILES string of the molecule is COCCCC1CCCC1.C[N-]C[N-]C.[CH3-].[La+3]. The first-order valence-corrected chi connectivity index (χ1v) is 5.95. The minimum atomic E-state index is 0. The van der Waals surface area contributed by atoms with Crippen LogP contribution in [0.3, 0.4) is 0 Å². The molecule has 3 nitrogen and oxygen atoms in total. The largest absolute Gasteiger partial charge is 3.00 e. The number of rotatable bonds is 6. The van der Waals surface area contributed by atoms with E-state index in [-0.39, 0.29) is 43.0 Å². The van der Waals surface area contributed by atoms with Crippen LogP contribution in [0.25, 0.3) is 10.6 Å². The Morgan fingerprint density at radius 3 is 2.00 bits per heavy atom. The van der Waals surface area contributed by atoms with Crippen molar-refractivity contribution in [2.45, 2.75) is 38.5 Å². The van der Waals surface area contributed by atoms with Crippen molar-refractivity contribution in [2.24, 2.45) is 5.92 Å². The van der Waals surface area contributed by atoms with Crippen molar-refractivity contribution >= 4 is 0 Å². The number of hydrogen-bond donors (Lipinski definition) is 0. The molecule has 0 aromatic carbocycles. The molecular weight excluding hydrogens is 339 g/mol. The van der Waals surface area contributed by atoms with Crippen LogP contribution < -0.4 is 0 Å². The van der Waals surface area contributed by atoms with E-state index in [0.29, 0.717) is 6.67 Å². The van der Waals surface area contributed by atoms with Gasteiger partial charge in [-0.3, -0.25) is 6.67 Å². The van der Waals surface area contributed by atoms with Crippen LogP contribution in [0.2, 0.25) is 0 Å². The Kier molecular flexibility index (Phi) is 26.5. The van der Waals surface area contributed by atoms with Gasteiger partial charge in [-0.15, -0.1) is 0 Å². The van der Waals surface area contributed by atoms with E-state index < -0.39 is 0 Å². The molecule has 1 rings (SSSR count). The predicted octanol–water partition coefficient (Wildman–Crippen LogP) is 4.00. The second kappa shape index (κ2) is 19.4. The molecule has 0 saturated heterocycles. The molecule has 100 valence electrons. The summed E-state index contributed by atoms with van der Waals surface area (Å²) in [6, 6.07) is 0. The van der Waals surface area contributed by atoms with Crippen molar-refractivity contribution < 1.29 is 40.3 Å². The van der Waals surface area contributed by atoms with E-state index in [2.05, 4.69) is 10.6 Å². The topological polar surface area (TPSA) is 37.4 Å². The summed E-state index contributed by atoms with van der Waals surface area (Å²) in [7, 11) is 5.27. The van der Waals surface area contributed by atoms with Gasteiger partial charge in [0.1, 0.15) is 0 Å². The molecule has 1 saturated carbocycles. The summed E-state index contributed by atoms with van der Waals surface area (Å²) >= 11 is 0.